The smallest absolute Gasteiger partial charge is 0.233 e. The molecule has 1 amide bonds. The number of hydrogen-bond acceptors (Lipinski definition) is 7. The van der Waals surface area contributed by atoms with Crippen molar-refractivity contribution in [3.63, 3.8) is 0 Å². The molecule has 0 radical (unpaired) electrons. The van der Waals surface area contributed by atoms with Crippen molar-refractivity contribution >= 4 is 17.7 Å². The number of amides is 1. The van der Waals surface area contributed by atoms with E-state index in [1.807, 2.05) is 54.6 Å². The minimum absolute atomic E-state index is 0.000170. The molecule has 152 valence electrons. The number of carbonyl (C=O) groups excluding carboxylic acids is 1. The van der Waals surface area contributed by atoms with Crippen molar-refractivity contribution in [3.8, 4) is 11.4 Å². The Bertz CT molecular complexity index is 902. The Morgan fingerprint density at radius 3 is 2.55 bits per heavy atom. The largest absolute Gasteiger partial charge is 0.497 e. The molecule has 29 heavy (non-hydrogen) atoms. The minimum atomic E-state index is 0.000170. The van der Waals surface area contributed by atoms with Crippen LogP contribution >= 0.6 is 11.8 Å². The summed E-state index contributed by atoms with van der Waals surface area (Å²) in [5, 5.41) is 12.4. The molecule has 0 aliphatic rings. The highest BCUT2D eigenvalue weighted by atomic mass is 32.2. The molecular formula is C20H23N5O3S. The average Bonchev–Trinajstić information content (AvgIpc) is 3.24. The normalized spacial score (nSPS) is 10.7. The summed E-state index contributed by atoms with van der Waals surface area (Å²) in [5.74, 6) is 0.980. The van der Waals surface area contributed by atoms with Gasteiger partial charge in [0.15, 0.2) is 0 Å². The molecule has 0 atom stereocenters. The van der Waals surface area contributed by atoms with Crippen LogP contribution < -0.4 is 4.74 Å². The van der Waals surface area contributed by atoms with Crippen molar-refractivity contribution in [1.29, 1.82) is 0 Å². The van der Waals surface area contributed by atoms with E-state index >= 15 is 0 Å². The first-order chi connectivity index (χ1) is 14.2. The fourth-order valence-electron chi connectivity index (χ4n) is 2.67. The molecule has 3 rings (SSSR count). The first kappa shape index (κ1) is 20.8. The van der Waals surface area contributed by atoms with Gasteiger partial charge in [0.1, 0.15) is 5.75 Å². The Labute approximate surface area is 173 Å². The van der Waals surface area contributed by atoms with Crippen LogP contribution in [0.5, 0.6) is 5.75 Å². The number of aromatic nitrogens is 4. The molecule has 2 aromatic carbocycles. The Kier molecular flexibility index (Phi) is 7.60. The molecule has 0 saturated heterocycles. The summed E-state index contributed by atoms with van der Waals surface area (Å²) in [7, 11) is 3.24. The van der Waals surface area contributed by atoms with E-state index in [1.54, 1.807) is 23.8 Å². The summed E-state index contributed by atoms with van der Waals surface area (Å²) >= 11 is 1.30. The van der Waals surface area contributed by atoms with Gasteiger partial charge in [-0.3, -0.25) is 4.79 Å². The maximum Gasteiger partial charge on any atom is 0.233 e. The third-order valence-electron chi connectivity index (χ3n) is 4.22. The molecule has 0 aliphatic heterocycles. The van der Waals surface area contributed by atoms with Crippen molar-refractivity contribution in [1.82, 2.24) is 25.1 Å². The average molecular weight is 414 g/mol. The van der Waals surface area contributed by atoms with Crippen molar-refractivity contribution in [2.45, 2.75) is 11.7 Å². The fraction of sp³-hybridized carbons (Fsp3) is 0.300. The topological polar surface area (TPSA) is 82.4 Å². The Morgan fingerprint density at radius 1 is 1.10 bits per heavy atom. The number of carbonyl (C=O) groups is 1. The number of hydrogen-bond donors (Lipinski definition) is 0. The van der Waals surface area contributed by atoms with Gasteiger partial charge in [0, 0.05) is 20.2 Å². The van der Waals surface area contributed by atoms with Gasteiger partial charge in [-0.1, -0.05) is 42.1 Å². The quantitative estimate of drug-likeness (QED) is 0.472. The summed E-state index contributed by atoms with van der Waals surface area (Å²) in [6.07, 6.45) is 0. The predicted octanol–water partition coefficient (Wildman–Crippen LogP) is 2.44. The van der Waals surface area contributed by atoms with Gasteiger partial charge in [0.05, 0.1) is 25.2 Å². The molecule has 1 aromatic heterocycles. The van der Waals surface area contributed by atoms with Crippen LogP contribution in [-0.4, -0.2) is 64.1 Å². The van der Waals surface area contributed by atoms with E-state index in [0.717, 1.165) is 17.0 Å². The molecule has 0 spiro atoms. The monoisotopic (exact) mass is 413 g/mol. The second-order valence-corrected chi connectivity index (χ2v) is 7.10. The lowest BCUT2D eigenvalue weighted by atomic mass is 10.2. The van der Waals surface area contributed by atoms with E-state index in [2.05, 4.69) is 15.5 Å². The van der Waals surface area contributed by atoms with E-state index in [9.17, 15) is 4.79 Å². The zero-order chi connectivity index (χ0) is 20.5. The van der Waals surface area contributed by atoms with Gasteiger partial charge in [0.25, 0.3) is 0 Å². The van der Waals surface area contributed by atoms with Gasteiger partial charge in [-0.05, 0) is 40.3 Å². The second-order valence-electron chi connectivity index (χ2n) is 6.15. The molecule has 0 unspecified atom stereocenters. The number of rotatable bonds is 10. The number of tetrazole rings is 1. The highest BCUT2D eigenvalue weighted by Crippen LogP contribution is 2.21. The lowest BCUT2D eigenvalue weighted by Crippen LogP contribution is -2.34. The van der Waals surface area contributed by atoms with Crippen LogP contribution in [0.25, 0.3) is 5.69 Å². The van der Waals surface area contributed by atoms with Crippen molar-refractivity contribution in [3.05, 3.63) is 60.2 Å². The number of benzene rings is 2. The van der Waals surface area contributed by atoms with Crippen LogP contribution in [0, 0.1) is 0 Å². The molecule has 0 aliphatic carbocycles. The SMILES string of the molecule is COCCN(Cc1ccccc1)C(=O)CSc1nnnn1-c1ccc(OC)cc1. The standard InChI is InChI=1S/C20H23N5O3S/c1-27-13-12-24(14-16-6-4-3-5-7-16)19(26)15-29-20-21-22-23-25(20)17-8-10-18(28-2)11-9-17/h3-11H,12-15H2,1-2H3. The zero-order valence-corrected chi connectivity index (χ0v) is 17.2. The van der Waals surface area contributed by atoms with Crippen LogP contribution in [0.4, 0.5) is 0 Å². The van der Waals surface area contributed by atoms with Gasteiger partial charge in [-0.2, -0.15) is 4.68 Å². The number of methoxy groups -OCH3 is 2. The third-order valence-corrected chi connectivity index (χ3v) is 5.12. The molecule has 0 saturated carbocycles. The van der Waals surface area contributed by atoms with Gasteiger partial charge in [-0.25, -0.2) is 0 Å². The molecular weight excluding hydrogens is 390 g/mol. The van der Waals surface area contributed by atoms with E-state index in [-0.39, 0.29) is 11.7 Å². The van der Waals surface area contributed by atoms with Crippen molar-refractivity contribution in [2.75, 3.05) is 33.1 Å². The number of nitrogens with zero attached hydrogens (tertiary/aromatic N) is 5. The van der Waals surface area contributed by atoms with Crippen LogP contribution in [0.1, 0.15) is 5.56 Å². The molecule has 0 N–H and O–H groups in total. The van der Waals surface area contributed by atoms with Gasteiger partial charge in [0.2, 0.25) is 11.1 Å². The van der Waals surface area contributed by atoms with Crippen molar-refractivity contribution in [2.24, 2.45) is 0 Å². The molecule has 3 aromatic rings. The first-order valence-corrected chi connectivity index (χ1v) is 10.1. The van der Waals surface area contributed by atoms with E-state index < -0.39 is 0 Å². The van der Waals surface area contributed by atoms with E-state index in [4.69, 9.17) is 9.47 Å². The minimum Gasteiger partial charge on any atom is -0.497 e. The first-order valence-electron chi connectivity index (χ1n) is 9.07. The maximum atomic E-state index is 12.8. The third kappa shape index (κ3) is 5.78. The maximum absolute atomic E-state index is 12.8. The predicted molar refractivity (Wildman–Crippen MR) is 110 cm³/mol. The lowest BCUT2D eigenvalue weighted by molar-refractivity contribution is -0.129. The van der Waals surface area contributed by atoms with Crippen LogP contribution in [0.3, 0.4) is 0 Å². The molecule has 0 fully saturated rings. The highest BCUT2D eigenvalue weighted by molar-refractivity contribution is 7.99. The Balaban J connectivity index is 1.65. The Hall–Kier alpha value is -2.91. The molecule has 8 nitrogen and oxygen atoms in total. The lowest BCUT2D eigenvalue weighted by Gasteiger charge is -2.22. The highest BCUT2D eigenvalue weighted by Gasteiger charge is 2.17. The van der Waals surface area contributed by atoms with E-state index in [1.165, 1.54) is 11.8 Å². The molecule has 1 heterocycles. The number of thioether (sulfide) groups is 1. The van der Waals surface area contributed by atoms with Crippen LogP contribution in [0.15, 0.2) is 59.8 Å². The Morgan fingerprint density at radius 2 is 1.86 bits per heavy atom. The van der Waals surface area contributed by atoms with Crippen molar-refractivity contribution < 1.29 is 14.3 Å². The second kappa shape index (κ2) is 10.6. The molecule has 0 bridgehead atoms. The van der Waals surface area contributed by atoms with Crippen LogP contribution in [0.2, 0.25) is 0 Å². The summed E-state index contributed by atoms with van der Waals surface area (Å²) in [6.45, 7) is 1.54. The van der Waals surface area contributed by atoms with Gasteiger partial charge >= 0.3 is 0 Å². The summed E-state index contributed by atoms with van der Waals surface area (Å²) < 4.78 is 11.9. The summed E-state index contributed by atoms with van der Waals surface area (Å²) in [6, 6.07) is 17.3. The number of ether oxygens (including phenoxy) is 2. The summed E-state index contributed by atoms with van der Waals surface area (Å²) in [5.41, 5.74) is 1.87. The zero-order valence-electron chi connectivity index (χ0n) is 16.4. The van der Waals surface area contributed by atoms with Gasteiger partial charge < -0.3 is 14.4 Å². The van der Waals surface area contributed by atoms with Crippen LogP contribution in [-0.2, 0) is 16.1 Å². The molecule has 9 heteroatoms. The summed E-state index contributed by atoms with van der Waals surface area (Å²) in [4.78, 5) is 14.6. The van der Waals surface area contributed by atoms with E-state index in [0.29, 0.717) is 24.9 Å². The van der Waals surface area contributed by atoms with Gasteiger partial charge in [-0.15, -0.1) is 5.10 Å². The fourth-order valence-corrected chi connectivity index (χ4v) is 3.46.